The highest BCUT2D eigenvalue weighted by atomic mass is 16.2. The van der Waals surface area contributed by atoms with E-state index in [4.69, 9.17) is 22.9 Å². The Balaban J connectivity index is 1.39. The van der Waals surface area contributed by atoms with Crippen molar-refractivity contribution in [3.05, 3.63) is 143 Å². The van der Waals surface area contributed by atoms with E-state index >= 15 is 0 Å². The minimum atomic E-state index is -0.927. The summed E-state index contributed by atoms with van der Waals surface area (Å²) < 4.78 is 0. The summed E-state index contributed by atoms with van der Waals surface area (Å²) in [7, 11) is 0. The van der Waals surface area contributed by atoms with E-state index in [1.165, 1.54) is 0 Å². The summed E-state index contributed by atoms with van der Waals surface area (Å²) in [5, 5.41) is 26.5. The molecule has 0 radical (unpaired) electrons. The second kappa shape index (κ2) is 20.8. The van der Waals surface area contributed by atoms with Crippen LogP contribution in [0.1, 0.15) is 56.8 Å². The number of rotatable bonds is 17. The van der Waals surface area contributed by atoms with Gasteiger partial charge < -0.3 is 44.2 Å². The number of carbonyl (C=O) groups is 4. The molecule has 0 spiro atoms. The molecule has 4 amide bonds. The lowest BCUT2D eigenvalue weighted by Gasteiger charge is -2.20. The minimum absolute atomic E-state index is 0.0586. The summed E-state index contributed by atoms with van der Waals surface area (Å²) >= 11 is 0. The third-order valence-corrected chi connectivity index (χ3v) is 8.29. The Morgan fingerprint density at radius 2 is 0.804 bits per heavy atom. The normalized spacial score (nSPS) is 12.3. The summed E-state index contributed by atoms with van der Waals surface area (Å²) in [5.41, 5.74) is 26.2. The number of amides is 4. The number of nitrogens with one attached hydrogen (secondary N) is 4. The summed E-state index contributed by atoms with van der Waals surface area (Å²) in [6.45, 7) is 3.56. The van der Waals surface area contributed by atoms with Crippen molar-refractivity contribution in [3.8, 4) is 0 Å². The molecule has 16 heteroatoms. The van der Waals surface area contributed by atoms with E-state index in [2.05, 4.69) is 41.7 Å². The molecule has 4 aromatic rings. The Hall–Kier alpha value is -7.36. The third-order valence-electron chi connectivity index (χ3n) is 8.29. The molecular weight excluding hydrogens is 713 g/mol. The molecule has 0 aromatic heterocycles. The van der Waals surface area contributed by atoms with Crippen LogP contribution in [0.25, 0.3) is 0 Å². The Morgan fingerprint density at radius 1 is 0.482 bits per heavy atom. The maximum atomic E-state index is 13.5. The van der Waals surface area contributed by atoms with Gasteiger partial charge in [0.2, 0.25) is 23.7 Å². The lowest BCUT2D eigenvalue weighted by molar-refractivity contribution is -0.124. The number of hydrogen-bond acceptors (Lipinski definition) is 8. The standard InChI is InChI=1S/C40H46N12O4/c1-25(49-51-39(41)42)29-13-17-31(18-14-29)35(53)47-33(23-27-9-5-3-6-10-27)37(55)45-21-22-46-38(56)34(24-28-11-7-4-8-12-28)48-36(54)32-19-15-30(16-20-32)26(2)50-52-40(43)44/h3-20,33-34H,21-24H2,1-2H3,(H,45,55)(H,46,56)(H,47,53)(H,48,54)(H4,41,42,51)(H4,43,44,52)/t33-,34-/m0/s1. The lowest BCUT2D eigenvalue weighted by atomic mass is 10.0. The van der Waals surface area contributed by atoms with Gasteiger partial charge in [0, 0.05) is 37.1 Å². The molecule has 4 aromatic carbocycles. The molecule has 0 saturated carbocycles. The van der Waals surface area contributed by atoms with Crippen molar-refractivity contribution in [2.75, 3.05) is 13.1 Å². The van der Waals surface area contributed by atoms with Gasteiger partial charge in [0.1, 0.15) is 12.1 Å². The average molecular weight is 759 g/mol. The van der Waals surface area contributed by atoms with E-state index in [0.29, 0.717) is 33.7 Å². The van der Waals surface area contributed by atoms with Gasteiger partial charge in [0.05, 0.1) is 11.4 Å². The van der Waals surface area contributed by atoms with E-state index in [0.717, 1.165) is 11.1 Å². The fourth-order valence-electron chi connectivity index (χ4n) is 5.33. The number of nitrogens with zero attached hydrogens (tertiary/aromatic N) is 4. The van der Waals surface area contributed by atoms with Gasteiger partial charge in [-0.1, -0.05) is 84.9 Å². The molecule has 16 nitrogen and oxygen atoms in total. The van der Waals surface area contributed by atoms with Crippen molar-refractivity contribution in [1.82, 2.24) is 21.3 Å². The van der Waals surface area contributed by atoms with Gasteiger partial charge in [-0.2, -0.15) is 10.2 Å². The highest BCUT2D eigenvalue weighted by molar-refractivity contribution is 6.02. The maximum absolute atomic E-state index is 13.5. The fourth-order valence-corrected chi connectivity index (χ4v) is 5.33. The van der Waals surface area contributed by atoms with Crippen molar-refractivity contribution in [2.45, 2.75) is 38.8 Å². The zero-order valence-corrected chi connectivity index (χ0v) is 31.1. The average Bonchev–Trinajstić information content (AvgIpc) is 3.20. The highest BCUT2D eigenvalue weighted by Crippen LogP contribution is 2.11. The van der Waals surface area contributed by atoms with Crippen molar-refractivity contribution in [3.63, 3.8) is 0 Å². The first-order valence-electron chi connectivity index (χ1n) is 17.6. The molecule has 0 aliphatic carbocycles. The Bertz CT molecular complexity index is 1920. The molecule has 0 aliphatic heterocycles. The molecule has 0 saturated heterocycles. The van der Waals surface area contributed by atoms with Crippen LogP contribution in [0.15, 0.2) is 130 Å². The van der Waals surface area contributed by atoms with Gasteiger partial charge >= 0.3 is 0 Å². The van der Waals surface area contributed by atoms with Crippen molar-refractivity contribution in [1.29, 1.82) is 0 Å². The van der Waals surface area contributed by atoms with Crippen LogP contribution in [0, 0.1) is 0 Å². The molecule has 12 N–H and O–H groups in total. The molecule has 0 fully saturated rings. The van der Waals surface area contributed by atoms with Gasteiger partial charge in [0.15, 0.2) is 0 Å². The molecular formula is C40H46N12O4. The smallest absolute Gasteiger partial charge is 0.251 e. The van der Waals surface area contributed by atoms with Gasteiger partial charge in [-0.15, -0.1) is 10.2 Å². The van der Waals surface area contributed by atoms with Crippen molar-refractivity contribution < 1.29 is 19.2 Å². The monoisotopic (exact) mass is 758 g/mol. The molecule has 290 valence electrons. The van der Waals surface area contributed by atoms with E-state index < -0.39 is 35.7 Å². The topological polar surface area (TPSA) is 270 Å². The maximum Gasteiger partial charge on any atom is 0.251 e. The predicted octanol–water partition coefficient (Wildman–Crippen LogP) is 1.30. The first kappa shape index (κ1) is 41.4. The predicted molar refractivity (Wildman–Crippen MR) is 218 cm³/mol. The van der Waals surface area contributed by atoms with Crippen molar-refractivity contribution >= 4 is 47.0 Å². The fraction of sp³-hybridized carbons (Fsp3) is 0.200. The van der Waals surface area contributed by atoms with Crippen LogP contribution in [-0.4, -0.2) is 72.1 Å². The summed E-state index contributed by atoms with van der Waals surface area (Å²) in [4.78, 5) is 53.5. The zero-order valence-electron chi connectivity index (χ0n) is 31.1. The molecule has 0 bridgehead atoms. The van der Waals surface area contributed by atoms with E-state index in [1.807, 2.05) is 60.7 Å². The number of guanidine groups is 2. The largest absolute Gasteiger partial charge is 0.369 e. The van der Waals surface area contributed by atoms with Gasteiger partial charge in [-0.3, -0.25) is 19.2 Å². The highest BCUT2D eigenvalue weighted by Gasteiger charge is 2.24. The van der Waals surface area contributed by atoms with E-state index in [1.54, 1.807) is 62.4 Å². The van der Waals surface area contributed by atoms with Gasteiger partial charge in [-0.05, 0) is 60.4 Å². The first-order chi connectivity index (χ1) is 26.9. The molecule has 56 heavy (non-hydrogen) atoms. The molecule has 0 heterocycles. The Labute approximate surface area is 324 Å². The van der Waals surface area contributed by atoms with Crippen LogP contribution < -0.4 is 44.2 Å². The Kier molecular flexibility index (Phi) is 15.4. The number of hydrogen-bond donors (Lipinski definition) is 8. The van der Waals surface area contributed by atoms with E-state index in [-0.39, 0.29) is 37.9 Å². The number of nitrogens with two attached hydrogens (primary N) is 4. The van der Waals surface area contributed by atoms with Gasteiger partial charge in [0.25, 0.3) is 11.8 Å². The zero-order chi connectivity index (χ0) is 40.5. The lowest BCUT2D eigenvalue weighted by Crippen LogP contribution is -2.51. The molecule has 0 unspecified atom stereocenters. The van der Waals surface area contributed by atoms with Crippen LogP contribution >= 0.6 is 0 Å². The number of benzene rings is 4. The van der Waals surface area contributed by atoms with Crippen LogP contribution in [0.5, 0.6) is 0 Å². The molecule has 0 aliphatic rings. The summed E-state index contributed by atoms with van der Waals surface area (Å²) in [5.74, 6) is -2.14. The van der Waals surface area contributed by atoms with Crippen molar-refractivity contribution in [2.24, 2.45) is 43.3 Å². The third kappa shape index (κ3) is 13.2. The van der Waals surface area contributed by atoms with E-state index in [9.17, 15) is 19.2 Å². The first-order valence-corrected chi connectivity index (χ1v) is 17.6. The van der Waals surface area contributed by atoms with Gasteiger partial charge in [-0.25, -0.2) is 0 Å². The van der Waals surface area contributed by atoms with Crippen LogP contribution in [0.3, 0.4) is 0 Å². The minimum Gasteiger partial charge on any atom is -0.369 e. The number of carbonyl (C=O) groups excluding carboxylic acids is 4. The van der Waals surface area contributed by atoms with Crippen LogP contribution in [-0.2, 0) is 22.4 Å². The second-order valence-corrected chi connectivity index (χ2v) is 12.6. The Morgan fingerprint density at radius 3 is 1.12 bits per heavy atom. The van der Waals surface area contributed by atoms with Crippen LogP contribution in [0.2, 0.25) is 0 Å². The SMILES string of the molecule is CC(=NN=C(N)N)c1ccc(C(=O)N[C@@H](Cc2ccccc2)C(=O)NCCNC(=O)[C@H](Cc2ccccc2)NC(=O)c2ccc(C(C)=NN=C(N)N)cc2)cc1. The quantitative estimate of drug-likeness (QED) is 0.0336. The summed E-state index contributed by atoms with van der Waals surface area (Å²) in [6.07, 6.45) is 0.448. The van der Waals surface area contributed by atoms with Crippen LogP contribution in [0.4, 0.5) is 0 Å². The second-order valence-electron chi connectivity index (χ2n) is 12.6. The molecule has 2 atom stereocenters. The summed E-state index contributed by atoms with van der Waals surface area (Å²) in [6, 6.07) is 29.9. The molecule has 4 rings (SSSR count).